The van der Waals surface area contributed by atoms with Crippen LogP contribution in [0.4, 0.5) is 10.5 Å². The van der Waals surface area contributed by atoms with Crippen LogP contribution in [0.25, 0.3) is 0 Å². The van der Waals surface area contributed by atoms with Crippen molar-refractivity contribution in [1.82, 2.24) is 0 Å². The van der Waals surface area contributed by atoms with Gasteiger partial charge in [-0.1, -0.05) is 18.2 Å². The highest BCUT2D eigenvalue weighted by Gasteiger charge is 2.60. The van der Waals surface area contributed by atoms with E-state index in [1.807, 2.05) is 45.9 Å². The molecule has 3 aliphatic rings. The summed E-state index contributed by atoms with van der Waals surface area (Å²) in [5.74, 6) is -1.49. The van der Waals surface area contributed by atoms with Crippen molar-refractivity contribution in [3.05, 3.63) is 30.3 Å². The molecule has 8 nitrogen and oxygen atoms in total. The predicted molar refractivity (Wildman–Crippen MR) is 93.9 cm³/mol. The molecule has 27 heavy (non-hydrogen) atoms. The number of anilines is 1. The lowest BCUT2D eigenvalue weighted by molar-refractivity contribution is -0.234. The van der Waals surface area contributed by atoms with Gasteiger partial charge < -0.3 is 28.4 Å². The number of ether oxygens (including phenoxy) is 6. The standard InChI is InChI=1S/C19H25NO7/c1-18(2)22-10-12(25-18)13-14-15(27-19(3,4)26-14)16(23-13)24-17(21)20-11-8-6-5-7-9-11/h5-9,12-16H,10H2,1-4H3,(H,20,21)/t12-,13-,14+,15+,16?/m1/s1. The minimum absolute atomic E-state index is 0.337. The van der Waals surface area contributed by atoms with E-state index in [0.717, 1.165) is 0 Å². The molecule has 3 aliphatic heterocycles. The summed E-state index contributed by atoms with van der Waals surface area (Å²) < 4.78 is 35.0. The van der Waals surface area contributed by atoms with Crippen molar-refractivity contribution < 1.29 is 33.2 Å². The molecule has 3 heterocycles. The van der Waals surface area contributed by atoms with Crippen LogP contribution in [0.5, 0.6) is 0 Å². The monoisotopic (exact) mass is 379 g/mol. The number of hydrogen-bond donors (Lipinski definition) is 1. The first-order chi connectivity index (χ1) is 12.7. The summed E-state index contributed by atoms with van der Waals surface area (Å²) in [6.45, 7) is 7.69. The lowest BCUT2D eigenvalue weighted by atomic mass is 10.1. The normalized spacial score (nSPS) is 36.4. The summed E-state index contributed by atoms with van der Waals surface area (Å²) in [6, 6.07) is 9.05. The van der Waals surface area contributed by atoms with E-state index in [2.05, 4.69) is 5.32 Å². The van der Waals surface area contributed by atoms with Crippen LogP contribution >= 0.6 is 0 Å². The van der Waals surface area contributed by atoms with Crippen LogP contribution in [0, 0.1) is 0 Å². The fraction of sp³-hybridized carbons (Fsp3) is 0.632. The van der Waals surface area contributed by atoms with Gasteiger partial charge >= 0.3 is 6.09 Å². The number of hydrogen-bond acceptors (Lipinski definition) is 7. The van der Waals surface area contributed by atoms with Crippen LogP contribution in [0.2, 0.25) is 0 Å². The molecule has 1 amide bonds. The van der Waals surface area contributed by atoms with E-state index in [0.29, 0.717) is 12.3 Å². The Hall–Kier alpha value is -1.71. The van der Waals surface area contributed by atoms with Gasteiger partial charge in [0.2, 0.25) is 6.29 Å². The van der Waals surface area contributed by atoms with Gasteiger partial charge in [-0.3, -0.25) is 5.32 Å². The lowest BCUT2D eigenvalue weighted by Gasteiger charge is -2.26. The van der Waals surface area contributed by atoms with E-state index in [4.69, 9.17) is 28.4 Å². The molecule has 3 fully saturated rings. The minimum Gasteiger partial charge on any atom is -0.416 e. The Bertz CT molecular complexity index is 693. The van der Waals surface area contributed by atoms with Gasteiger partial charge in [-0.25, -0.2) is 4.79 Å². The average Bonchev–Trinajstić information content (AvgIpc) is 3.20. The molecule has 4 rings (SSSR count). The first kappa shape index (κ1) is 18.6. The number of fused-ring (bicyclic) bond motifs is 1. The van der Waals surface area contributed by atoms with Crippen LogP contribution in [0.15, 0.2) is 30.3 Å². The Labute approximate surface area is 158 Å². The predicted octanol–water partition coefficient (Wildman–Crippen LogP) is 2.63. The molecular weight excluding hydrogens is 354 g/mol. The summed E-state index contributed by atoms with van der Waals surface area (Å²) in [5.41, 5.74) is 0.631. The average molecular weight is 379 g/mol. The van der Waals surface area contributed by atoms with Crippen LogP contribution in [0.1, 0.15) is 27.7 Å². The molecule has 5 atom stereocenters. The van der Waals surface area contributed by atoms with Crippen molar-refractivity contribution in [2.75, 3.05) is 11.9 Å². The summed E-state index contributed by atoms with van der Waals surface area (Å²) in [6.07, 6.45) is -3.29. The molecule has 1 aromatic carbocycles. The fourth-order valence-corrected chi connectivity index (χ4v) is 3.64. The number of carbonyl (C=O) groups is 1. The molecule has 3 saturated heterocycles. The molecule has 0 bridgehead atoms. The molecule has 0 spiro atoms. The summed E-state index contributed by atoms with van der Waals surface area (Å²) >= 11 is 0. The molecule has 8 heteroatoms. The summed E-state index contributed by atoms with van der Waals surface area (Å²) in [4.78, 5) is 12.3. The van der Waals surface area contributed by atoms with Crippen LogP contribution < -0.4 is 5.32 Å². The van der Waals surface area contributed by atoms with Gasteiger partial charge in [0.1, 0.15) is 18.3 Å². The van der Waals surface area contributed by atoms with Crippen molar-refractivity contribution in [3.63, 3.8) is 0 Å². The maximum atomic E-state index is 12.3. The van der Waals surface area contributed by atoms with E-state index < -0.39 is 42.3 Å². The molecule has 0 saturated carbocycles. The largest absolute Gasteiger partial charge is 0.416 e. The first-order valence-corrected chi connectivity index (χ1v) is 9.08. The fourth-order valence-electron chi connectivity index (χ4n) is 3.64. The number of para-hydroxylation sites is 1. The molecule has 0 aliphatic carbocycles. The van der Waals surface area contributed by atoms with Gasteiger partial charge in [0.15, 0.2) is 17.7 Å². The second kappa shape index (κ2) is 6.72. The number of nitrogens with one attached hydrogen (secondary N) is 1. The molecular formula is C19H25NO7. The van der Waals surface area contributed by atoms with Gasteiger partial charge in [-0.05, 0) is 39.8 Å². The van der Waals surface area contributed by atoms with E-state index in [1.54, 1.807) is 12.1 Å². The van der Waals surface area contributed by atoms with Gasteiger partial charge in [0, 0.05) is 5.69 Å². The highest BCUT2D eigenvalue weighted by Crippen LogP contribution is 2.42. The van der Waals surface area contributed by atoms with Crippen molar-refractivity contribution in [2.45, 2.75) is 70.0 Å². The Morgan fingerprint density at radius 3 is 2.37 bits per heavy atom. The van der Waals surface area contributed by atoms with Gasteiger partial charge in [0.05, 0.1) is 6.61 Å². The quantitative estimate of drug-likeness (QED) is 0.864. The Morgan fingerprint density at radius 2 is 1.70 bits per heavy atom. The number of amides is 1. The first-order valence-electron chi connectivity index (χ1n) is 9.08. The summed E-state index contributed by atoms with van der Waals surface area (Å²) in [7, 11) is 0. The summed E-state index contributed by atoms with van der Waals surface area (Å²) in [5, 5.41) is 2.67. The molecule has 1 aromatic rings. The van der Waals surface area contributed by atoms with Gasteiger partial charge in [-0.15, -0.1) is 0 Å². The number of benzene rings is 1. The van der Waals surface area contributed by atoms with Crippen molar-refractivity contribution >= 4 is 11.8 Å². The third-order valence-electron chi connectivity index (χ3n) is 4.69. The molecule has 0 radical (unpaired) electrons. The second-order valence-corrected chi connectivity index (χ2v) is 7.80. The Balaban J connectivity index is 1.45. The van der Waals surface area contributed by atoms with E-state index in [9.17, 15) is 4.79 Å². The third kappa shape index (κ3) is 3.95. The van der Waals surface area contributed by atoms with Crippen LogP contribution in [-0.2, 0) is 28.4 Å². The second-order valence-electron chi connectivity index (χ2n) is 7.80. The lowest BCUT2D eigenvalue weighted by Crippen LogP contribution is -2.40. The maximum Gasteiger partial charge on any atom is 0.414 e. The van der Waals surface area contributed by atoms with E-state index in [1.165, 1.54) is 0 Å². The van der Waals surface area contributed by atoms with Crippen molar-refractivity contribution in [2.24, 2.45) is 0 Å². The molecule has 0 aromatic heterocycles. The zero-order valence-corrected chi connectivity index (χ0v) is 15.8. The zero-order valence-electron chi connectivity index (χ0n) is 15.8. The smallest absolute Gasteiger partial charge is 0.414 e. The number of rotatable bonds is 3. The van der Waals surface area contributed by atoms with Crippen molar-refractivity contribution in [1.29, 1.82) is 0 Å². The highest BCUT2D eigenvalue weighted by molar-refractivity contribution is 5.84. The SMILES string of the molecule is CC1(C)O[C@H]2[C@@H]([C@H]3COC(C)(C)O3)OC(OC(=O)Nc3ccccc3)[C@H]2O1. The zero-order chi connectivity index (χ0) is 19.2. The Morgan fingerprint density at radius 1 is 1.00 bits per heavy atom. The van der Waals surface area contributed by atoms with Crippen LogP contribution in [-0.4, -0.2) is 55.0 Å². The molecule has 1 N–H and O–H groups in total. The topological polar surface area (TPSA) is 84.5 Å². The van der Waals surface area contributed by atoms with E-state index >= 15 is 0 Å². The van der Waals surface area contributed by atoms with E-state index in [-0.39, 0.29) is 6.10 Å². The minimum atomic E-state index is -0.905. The van der Waals surface area contributed by atoms with Crippen molar-refractivity contribution in [3.8, 4) is 0 Å². The Kier molecular flexibility index (Phi) is 4.64. The molecule has 1 unspecified atom stereocenters. The van der Waals surface area contributed by atoms with Crippen LogP contribution in [0.3, 0.4) is 0 Å². The third-order valence-corrected chi connectivity index (χ3v) is 4.69. The van der Waals surface area contributed by atoms with Gasteiger partial charge in [0.25, 0.3) is 0 Å². The maximum absolute atomic E-state index is 12.3. The highest BCUT2D eigenvalue weighted by atomic mass is 16.8. The molecule has 148 valence electrons. The number of carbonyl (C=O) groups excluding carboxylic acids is 1. The van der Waals surface area contributed by atoms with Gasteiger partial charge in [-0.2, -0.15) is 0 Å².